The molecule has 0 radical (unpaired) electrons. The lowest BCUT2D eigenvalue weighted by Gasteiger charge is -2.36. The van der Waals surface area contributed by atoms with E-state index >= 15 is 0 Å². The van der Waals surface area contributed by atoms with Gasteiger partial charge < -0.3 is 9.64 Å². The van der Waals surface area contributed by atoms with Gasteiger partial charge in [-0.15, -0.1) is 0 Å². The van der Waals surface area contributed by atoms with Crippen LogP contribution in [-0.4, -0.2) is 48.2 Å². The SMILES string of the molecule is O=C1C(=Cc2cc([N+](=O)[O-])ccc2N2CCOCC2)C(=O)N(c2ccccc2)C(=S)N1c1ccccc1. The van der Waals surface area contributed by atoms with E-state index in [9.17, 15) is 19.7 Å². The number of carbonyl (C=O) groups excluding carboxylic acids is 2. The van der Waals surface area contributed by atoms with Crippen LogP contribution in [0.15, 0.2) is 84.4 Å². The second-order valence-electron chi connectivity index (χ2n) is 8.39. The minimum absolute atomic E-state index is 0.0250. The summed E-state index contributed by atoms with van der Waals surface area (Å²) in [4.78, 5) is 43.3. The van der Waals surface area contributed by atoms with Crippen molar-refractivity contribution < 1.29 is 19.2 Å². The highest BCUT2D eigenvalue weighted by molar-refractivity contribution is 7.81. The Bertz CT molecular complexity index is 1340. The number of benzene rings is 3. The molecule has 2 heterocycles. The minimum atomic E-state index is -0.604. The molecule has 0 bridgehead atoms. The molecule has 0 aliphatic carbocycles. The van der Waals surface area contributed by atoms with E-state index in [1.54, 1.807) is 54.6 Å². The van der Waals surface area contributed by atoms with Crippen LogP contribution in [0.2, 0.25) is 0 Å². The fourth-order valence-corrected chi connectivity index (χ4v) is 4.73. The van der Waals surface area contributed by atoms with Crippen LogP contribution in [0, 0.1) is 10.1 Å². The van der Waals surface area contributed by atoms with E-state index < -0.39 is 16.7 Å². The molecular formula is C27H22N4O5S. The van der Waals surface area contributed by atoms with Crippen molar-refractivity contribution in [2.24, 2.45) is 0 Å². The number of nitro groups is 1. The second kappa shape index (κ2) is 10.3. The lowest BCUT2D eigenvalue weighted by molar-refractivity contribution is -0.384. The second-order valence-corrected chi connectivity index (χ2v) is 8.76. The van der Waals surface area contributed by atoms with Crippen molar-refractivity contribution in [3.8, 4) is 0 Å². The number of ether oxygens (including phenoxy) is 1. The summed E-state index contributed by atoms with van der Waals surface area (Å²) in [5, 5.41) is 11.6. The Hall–Kier alpha value is -4.41. The summed E-state index contributed by atoms with van der Waals surface area (Å²) in [6.07, 6.45) is 1.43. The minimum Gasteiger partial charge on any atom is -0.378 e. The number of para-hydroxylation sites is 2. The molecule has 9 nitrogen and oxygen atoms in total. The van der Waals surface area contributed by atoms with E-state index in [1.165, 1.54) is 28.0 Å². The highest BCUT2D eigenvalue weighted by atomic mass is 32.1. The van der Waals surface area contributed by atoms with E-state index in [-0.39, 0.29) is 16.4 Å². The van der Waals surface area contributed by atoms with Gasteiger partial charge in [-0.3, -0.25) is 29.5 Å². The first kappa shape index (κ1) is 24.3. The van der Waals surface area contributed by atoms with Crippen LogP contribution < -0.4 is 14.7 Å². The Kier molecular flexibility index (Phi) is 6.76. The topological polar surface area (TPSA) is 96.2 Å². The maximum atomic E-state index is 13.8. The molecule has 0 spiro atoms. The molecular weight excluding hydrogens is 492 g/mol. The number of carbonyl (C=O) groups is 2. The van der Waals surface area contributed by atoms with Gasteiger partial charge in [-0.25, -0.2) is 0 Å². The van der Waals surface area contributed by atoms with Gasteiger partial charge in [-0.1, -0.05) is 36.4 Å². The van der Waals surface area contributed by atoms with E-state index in [0.717, 1.165) is 0 Å². The van der Waals surface area contributed by atoms with E-state index in [0.29, 0.717) is 48.9 Å². The number of anilines is 3. The van der Waals surface area contributed by atoms with Crippen molar-refractivity contribution in [3.63, 3.8) is 0 Å². The van der Waals surface area contributed by atoms with Crippen LogP contribution in [0.1, 0.15) is 5.56 Å². The van der Waals surface area contributed by atoms with E-state index in [4.69, 9.17) is 17.0 Å². The highest BCUT2D eigenvalue weighted by Crippen LogP contribution is 2.33. The Balaban J connectivity index is 1.67. The monoisotopic (exact) mass is 514 g/mol. The molecule has 2 aliphatic heterocycles. The third-order valence-electron chi connectivity index (χ3n) is 6.15. The Morgan fingerprint density at radius 2 is 1.38 bits per heavy atom. The summed E-state index contributed by atoms with van der Waals surface area (Å²) in [7, 11) is 0. The first-order valence-electron chi connectivity index (χ1n) is 11.6. The van der Waals surface area contributed by atoms with Gasteiger partial charge in [-0.2, -0.15) is 0 Å². The molecule has 0 unspecified atom stereocenters. The molecule has 2 amide bonds. The van der Waals surface area contributed by atoms with Crippen molar-refractivity contribution in [1.82, 2.24) is 0 Å². The average Bonchev–Trinajstić information content (AvgIpc) is 2.92. The Labute approximate surface area is 218 Å². The van der Waals surface area contributed by atoms with Crippen molar-refractivity contribution in [3.05, 3.63) is 100 Å². The summed E-state index contributed by atoms with van der Waals surface area (Å²) in [5.41, 5.74) is 1.77. The van der Waals surface area contributed by atoms with Gasteiger partial charge in [0, 0.05) is 36.5 Å². The van der Waals surface area contributed by atoms with Gasteiger partial charge in [-0.05, 0) is 48.6 Å². The number of hydrogen-bond acceptors (Lipinski definition) is 7. The van der Waals surface area contributed by atoms with Crippen molar-refractivity contribution in [2.75, 3.05) is 41.0 Å². The van der Waals surface area contributed by atoms with Crippen LogP contribution >= 0.6 is 12.2 Å². The predicted molar refractivity (Wildman–Crippen MR) is 145 cm³/mol. The molecule has 3 aromatic carbocycles. The summed E-state index contributed by atoms with van der Waals surface area (Å²) in [6, 6.07) is 22.1. The standard InChI is InChI=1S/C27H22N4O5S/c32-25-23(18-19-17-22(31(34)35)11-12-24(19)28-13-15-36-16-14-28)26(33)30(21-9-5-2-6-10-21)27(37)29(25)20-7-3-1-4-8-20/h1-12,17-18H,13-16H2. The lowest BCUT2D eigenvalue weighted by atomic mass is 10.0. The summed E-state index contributed by atoms with van der Waals surface area (Å²) < 4.78 is 5.44. The zero-order chi connectivity index (χ0) is 25.9. The van der Waals surface area contributed by atoms with Crippen LogP contribution in [0.5, 0.6) is 0 Å². The number of rotatable bonds is 5. The van der Waals surface area contributed by atoms with Crippen molar-refractivity contribution in [2.45, 2.75) is 0 Å². The zero-order valence-corrected chi connectivity index (χ0v) is 20.5. The average molecular weight is 515 g/mol. The van der Waals surface area contributed by atoms with Crippen LogP contribution in [-0.2, 0) is 14.3 Å². The maximum absolute atomic E-state index is 13.8. The number of thiocarbonyl (C=S) groups is 1. The molecule has 0 saturated carbocycles. The molecule has 10 heteroatoms. The fourth-order valence-electron chi connectivity index (χ4n) is 4.36. The van der Waals surface area contributed by atoms with Gasteiger partial charge in [0.25, 0.3) is 17.5 Å². The fraction of sp³-hybridized carbons (Fsp3) is 0.148. The van der Waals surface area contributed by atoms with Gasteiger partial charge in [0.05, 0.1) is 29.5 Å². The molecule has 5 rings (SSSR count). The van der Waals surface area contributed by atoms with Crippen molar-refractivity contribution in [1.29, 1.82) is 0 Å². The van der Waals surface area contributed by atoms with Crippen molar-refractivity contribution >= 4 is 58.0 Å². The number of nitro benzene ring substituents is 1. The smallest absolute Gasteiger partial charge is 0.270 e. The summed E-state index contributed by atoms with van der Waals surface area (Å²) in [6.45, 7) is 2.16. The van der Waals surface area contributed by atoms with Gasteiger partial charge in [0.1, 0.15) is 5.57 Å². The number of hydrogen-bond donors (Lipinski definition) is 0. The molecule has 2 saturated heterocycles. The quantitative estimate of drug-likeness (QED) is 0.166. The van der Waals surface area contributed by atoms with E-state index in [2.05, 4.69) is 0 Å². The molecule has 0 atom stereocenters. The molecule has 3 aromatic rings. The number of amides is 2. The summed E-state index contributed by atoms with van der Waals surface area (Å²) in [5.74, 6) is -1.21. The first-order valence-corrected chi connectivity index (χ1v) is 12.0. The maximum Gasteiger partial charge on any atom is 0.270 e. The first-order chi connectivity index (χ1) is 18.0. The number of morpholine rings is 1. The highest BCUT2D eigenvalue weighted by Gasteiger charge is 2.41. The third-order valence-corrected chi connectivity index (χ3v) is 6.52. The van der Waals surface area contributed by atoms with Crippen LogP contribution in [0.25, 0.3) is 6.08 Å². The third kappa shape index (κ3) is 4.72. The molecule has 37 heavy (non-hydrogen) atoms. The van der Waals surface area contributed by atoms with Crippen LogP contribution in [0.4, 0.5) is 22.7 Å². The van der Waals surface area contributed by atoms with Gasteiger partial charge >= 0.3 is 0 Å². The molecule has 2 aliphatic rings. The largest absolute Gasteiger partial charge is 0.378 e. The van der Waals surface area contributed by atoms with Crippen LogP contribution in [0.3, 0.4) is 0 Å². The van der Waals surface area contributed by atoms with Gasteiger partial charge in [0.15, 0.2) is 5.11 Å². The van der Waals surface area contributed by atoms with E-state index in [1.807, 2.05) is 17.0 Å². The molecule has 0 aromatic heterocycles. The molecule has 0 N–H and O–H groups in total. The summed E-state index contributed by atoms with van der Waals surface area (Å²) >= 11 is 5.64. The Morgan fingerprint density at radius 3 is 1.89 bits per heavy atom. The zero-order valence-electron chi connectivity index (χ0n) is 19.6. The Morgan fingerprint density at radius 1 is 0.838 bits per heavy atom. The number of nitrogens with zero attached hydrogens (tertiary/aromatic N) is 4. The predicted octanol–water partition coefficient (Wildman–Crippen LogP) is 4.18. The number of non-ortho nitro benzene ring substituents is 1. The normalized spacial score (nSPS) is 16.3. The molecule has 2 fully saturated rings. The van der Waals surface area contributed by atoms with Gasteiger partial charge in [0.2, 0.25) is 0 Å². The molecule has 186 valence electrons. The lowest BCUT2D eigenvalue weighted by Crippen LogP contribution is -2.56.